The van der Waals surface area contributed by atoms with Crippen molar-refractivity contribution in [1.82, 2.24) is 4.98 Å². The van der Waals surface area contributed by atoms with Gasteiger partial charge in [0.1, 0.15) is 5.82 Å². The Bertz CT molecular complexity index is 378. The fraction of sp³-hybridized carbons (Fsp3) is 0.500. The van der Waals surface area contributed by atoms with Gasteiger partial charge in [0.2, 0.25) is 0 Å². The first kappa shape index (κ1) is 12.4. The molecule has 0 amide bonds. The first-order valence-electron chi connectivity index (χ1n) is 4.94. The van der Waals surface area contributed by atoms with Crippen molar-refractivity contribution in [2.24, 2.45) is 0 Å². The molecule has 1 aromatic rings. The molecule has 0 aromatic carbocycles. The van der Waals surface area contributed by atoms with E-state index in [9.17, 15) is 0 Å². The number of ether oxygens (including phenoxy) is 1. The van der Waals surface area contributed by atoms with Crippen LogP contribution in [0.5, 0.6) is 0 Å². The number of hydrogen-bond donors (Lipinski definition) is 0. The second-order valence-corrected chi connectivity index (χ2v) is 5.18. The van der Waals surface area contributed by atoms with Crippen molar-refractivity contribution in [3.63, 3.8) is 0 Å². The Morgan fingerprint density at radius 3 is 3.12 bits per heavy atom. The molecule has 1 unspecified atom stereocenters. The summed E-state index contributed by atoms with van der Waals surface area (Å²) in [6, 6.07) is 1.84. The van der Waals surface area contributed by atoms with E-state index in [1.54, 1.807) is 6.20 Å². The van der Waals surface area contributed by atoms with Crippen LogP contribution in [0.15, 0.2) is 16.7 Å². The summed E-state index contributed by atoms with van der Waals surface area (Å²) >= 11 is 15.3. The molecule has 1 fully saturated rings. The summed E-state index contributed by atoms with van der Waals surface area (Å²) in [6.07, 6.45) is 1.80. The van der Waals surface area contributed by atoms with Gasteiger partial charge in [0.15, 0.2) is 0 Å². The lowest BCUT2D eigenvalue weighted by Gasteiger charge is -2.33. The quantitative estimate of drug-likeness (QED) is 0.782. The van der Waals surface area contributed by atoms with Crippen LogP contribution in [-0.2, 0) is 4.74 Å². The fourth-order valence-electron chi connectivity index (χ4n) is 1.65. The topological polar surface area (TPSA) is 25.4 Å². The predicted octanol–water partition coefficient (Wildman–Crippen LogP) is 2.94. The van der Waals surface area contributed by atoms with E-state index in [4.69, 9.17) is 27.9 Å². The maximum absolute atomic E-state index is 6.15. The van der Waals surface area contributed by atoms with Crippen LogP contribution in [0.25, 0.3) is 0 Å². The Kier molecular flexibility index (Phi) is 4.30. The molecule has 16 heavy (non-hydrogen) atoms. The normalized spacial score (nSPS) is 21.2. The number of hydrogen-bond acceptors (Lipinski definition) is 3. The number of anilines is 1. The third kappa shape index (κ3) is 2.80. The van der Waals surface area contributed by atoms with Gasteiger partial charge < -0.3 is 9.64 Å². The number of morpholine rings is 1. The van der Waals surface area contributed by atoms with Gasteiger partial charge in [-0.3, -0.25) is 0 Å². The Hall–Kier alpha value is -0.0300. The van der Waals surface area contributed by atoms with Crippen molar-refractivity contribution in [1.29, 1.82) is 0 Å². The standard InChI is InChI=1S/C10H11BrCl2N2O/c11-7-3-9(13)10(14-5-7)15-1-2-16-8(4-12)6-15/h3,5,8H,1-2,4,6H2. The lowest BCUT2D eigenvalue weighted by molar-refractivity contribution is 0.0552. The molecule has 88 valence electrons. The zero-order valence-corrected chi connectivity index (χ0v) is 11.6. The van der Waals surface area contributed by atoms with E-state index >= 15 is 0 Å². The van der Waals surface area contributed by atoms with Crippen molar-refractivity contribution < 1.29 is 4.74 Å². The molecule has 1 aliphatic heterocycles. The summed E-state index contributed by atoms with van der Waals surface area (Å²) in [5.74, 6) is 1.29. The number of aromatic nitrogens is 1. The summed E-state index contributed by atoms with van der Waals surface area (Å²) in [5.41, 5.74) is 0. The number of halogens is 3. The number of alkyl halides is 1. The van der Waals surface area contributed by atoms with Crippen LogP contribution >= 0.6 is 39.1 Å². The molecule has 6 heteroatoms. The van der Waals surface area contributed by atoms with Gasteiger partial charge >= 0.3 is 0 Å². The van der Waals surface area contributed by atoms with Gasteiger partial charge in [-0.2, -0.15) is 0 Å². The van der Waals surface area contributed by atoms with E-state index < -0.39 is 0 Å². The summed E-state index contributed by atoms with van der Waals surface area (Å²) in [6.45, 7) is 2.19. The molecule has 0 N–H and O–H groups in total. The maximum Gasteiger partial charge on any atom is 0.147 e. The lowest BCUT2D eigenvalue weighted by atomic mass is 10.3. The molecular formula is C10H11BrCl2N2O. The average Bonchev–Trinajstić information content (AvgIpc) is 2.29. The largest absolute Gasteiger partial charge is 0.373 e. The van der Waals surface area contributed by atoms with Crippen molar-refractivity contribution >= 4 is 44.9 Å². The highest BCUT2D eigenvalue weighted by Crippen LogP contribution is 2.27. The summed E-state index contributed by atoms with van der Waals surface area (Å²) < 4.78 is 6.37. The van der Waals surface area contributed by atoms with Crippen molar-refractivity contribution in [3.8, 4) is 0 Å². The average molecular weight is 326 g/mol. The van der Waals surface area contributed by atoms with Crippen LogP contribution in [0.1, 0.15) is 0 Å². The summed E-state index contributed by atoms with van der Waals surface area (Å²) in [7, 11) is 0. The molecule has 0 spiro atoms. The predicted molar refractivity (Wildman–Crippen MR) is 69.6 cm³/mol. The van der Waals surface area contributed by atoms with Gasteiger partial charge in [0.25, 0.3) is 0 Å². The first-order valence-corrected chi connectivity index (χ1v) is 6.65. The Balaban J connectivity index is 2.16. The van der Waals surface area contributed by atoms with Gasteiger partial charge in [-0.05, 0) is 22.0 Å². The van der Waals surface area contributed by atoms with Crippen LogP contribution < -0.4 is 4.90 Å². The van der Waals surface area contributed by atoms with Gasteiger partial charge in [-0.15, -0.1) is 11.6 Å². The lowest BCUT2D eigenvalue weighted by Crippen LogP contribution is -2.43. The highest BCUT2D eigenvalue weighted by molar-refractivity contribution is 9.10. The third-order valence-corrected chi connectivity index (χ3v) is 3.45. The molecule has 1 aromatic heterocycles. The highest BCUT2D eigenvalue weighted by Gasteiger charge is 2.22. The van der Waals surface area contributed by atoms with Crippen LogP contribution in [0.2, 0.25) is 5.02 Å². The molecule has 3 nitrogen and oxygen atoms in total. The first-order chi connectivity index (χ1) is 7.70. The SMILES string of the molecule is ClCC1CN(c2ncc(Br)cc2Cl)CCO1. The minimum atomic E-state index is 0.0527. The number of rotatable bonds is 2. The number of pyridine rings is 1. The van der Waals surface area contributed by atoms with Gasteiger partial charge in [-0.25, -0.2) is 4.98 Å². The van der Waals surface area contributed by atoms with E-state index in [1.165, 1.54) is 0 Å². The second kappa shape index (κ2) is 5.54. The van der Waals surface area contributed by atoms with Gasteiger partial charge in [0, 0.05) is 23.8 Å². The molecule has 2 rings (SSSR count). The smallest absolute Gasteiger partial charge is 0.147 e. The Labute approximate surface area is 113 Å². The van der Waals surface area contributed by atoms with Crippen LogP contribution in [0.3, 0.4) is 0 Å². The third-order valence-electron chi connectivity index (χ3n) is 2.40. The zero-order chi connectivity index (χ0) is 11.5. The van der Waals surface area contributed by atoms with Crippen LogP contribution in [0.4, 0.5) is 5.82 Å². The Morgan fingerprint density at radius 2 is 2.44 bits per heavy atom. The van der Waals surface area contributed by atoms with E-state index in [1.807, 2.05) is 6.07 Å². The highest BCUT2D eigenvalue weighted by atomic mass is 79.9. The molecule has 2 heterocycles. The summed E-state index contributed by atoms with van der Waals surface area (Å²) in [4.78, 5) is 6.42. The van der Waals surface area contributed by atoms with E-state index in [2.05, 4.69) is 25.8 Å². The van der Waals surface area contributed by atoms with E-state index in [-0.39, 0.29) is 6.10 Å². The van der Waals surface area contributed by atoms with Crippen molar-refractivity contribution in [3.05, 3.63) is 21.8 Å². The molecule has 0 bridgehead atoms. The Morgan fingerprint density at radius 1 is 1.62 bits per heavy atom. The molecule has 0 aliphatic carbocycles. The van der Waals surface area contributed by atoms with Gasteiger partial charge in [-0.1, -0.05) is 11.6 Å². The maximum atomic E-state index is 6.15. The zero-order valence-electron chi connectivity index (χ0n) is 8.50. The second-order valence-electron chi connectivity index (χ2n) is 3.55. The van der Waals surface area contributed by atoms with Crippen LogP contribution in [0, 0.1) is 0 Å². The van der Waals surface area contributed by atoms with E-state index in [0.29, 0.717) is 17.5 Å². The minimum absolute atomic E-state index is 0.0527. The van der Waals surface area contributed by atoms with Crippen LogP contribution in [-0.4, -0.2) is 36.7 Å². The summed E-state index contributed by atoms with van der Waals surface area (Å²) in [5, 5.41) is 0.643. The molecule has 0 radical (unpaired) electrons. The molecule has 0 saturated carbocycles. The monoisotopic (exact) mass is 324 g/mol. The van der Waals surface area contributed by atoms with E-state index in [0.717, 1.165) is 23.4 Å². The molecule has 1 atom stereocenters. The molecule has 1 aliphatic rings. The van der Waals surface area contributed by atoms with Crippen molar-refractivity contribution in [2.75, 3.05) is 30.5 Å². The fourth-order valence-corrected chi connectivity index (χ4v) is 2.58. The molecular weight excluding hydrogens is 315 g/mol. The van der Waals surface area contributed by atoms with Gasteiger partial charge in [0.05, 0.1) is 23.6 Å². The van der Waals surface area contributed by atoms with Crippen molar-refractivity contribution in [2.45, 2.75) is 6.10 Å². The minimum Gasteiger partial charge on any atom is -0.373 e. The molecule has 1 saturated heterocycles. The number of nitrogens with zero attached hydrogens (tertiary/aromatic N) is 2.